The monoisotopic (exact) mass is 357 g/mol. The Kier molecular flexibility index (Phi) is 4.79. The summed E-state index contributed by atoms with van der Waals surface area (Å²) in [6.07, 6.45) is -2.75. The first-order valence-corrected chi connectivity index (χ1v) is 6.04. The highest BCUT2D eigenvalue weighted by Crippen LogP contribution is 2.30. The number of carbonyl (C=O) groups is 1. The summed E-state index contributed by atoms with van der Waals surface area (Å²) in [5.41, 5.74) is -0.0708. The molecule has 0 unspecified atom stereocenters. The van der Waals surface area contributed by atoms with Crippen molar-refractivity contribution in [1.82, 2.24) is 4.98 Å². The number of methoxy groups -OCH3 is 1. The van der Waals surface area contributed by atoms with Crippen molar-refractivity contribution in [3.63, 3.8) is 0 Å². The normalized spacial score (nSPS) is 10.6. The lowest BCUT2D eigenvalue weighted by Crippen LogP contribution is -2.08. The first-order chi connectivity index (χ1) is 7.51. The number of halogens is 4. The third kappa shape index (κ3) is 2.76. The third-order valence-electron chi connectivity index (χ3n) is 1.79. The smallest absolute Gasteiger partial charge is 0.339 e. The van der Waals surface area contributed by atoms with Gasteiger partial charge in [-0.25, -0.2) is 18.6 Å². The van der Waals surface area contributed by atoms with E-state index in [9.17, 15) is 13.6 Å². The van der Waals surface area contributed by atoms with Gasteiger partial charge in [-0.3, -0.25) is 0 Å². The number of nitrogens with zero attached hydrogens (tertiary/aromatic N) is 1. The molecule has 0 bridgehead atoms. The van der Waals surface area contributed by atoms with E-state index in [1.165, 1.54) is 13.2 Å². The molecule has 0 amide bonds. The van der Waals surface area contributed by atoms with Gasteiger partial charge in [-0.1, -0.05) is 15.9 Å². The summed E-state index contributed by atoms with van der Waals surface area (Å²) in [7, 11) is 1.19. The summed E-state index contributed by atoms with van der Waals surface area (Å²) < 4.78 is 29.7. The number of rotatable bonds is 3. The van der Waals surface area contributed by atoms with E-state index in [1.54, 1.807) is 0 Å². The zero-order valence-corrected chi connectivity index (χ0v) is 11.3. The lowest BCUT2D eigenvalue weighted by atomic mass is 10.2. The van der Waals surface area contributed by atoms with Gasteiger partial charge in [-0.2, -0.15) is 0 Å². The SMILES string of the molecule is COC(=O)c1cc(CBr)nc(C(F)F)c1Br. The average molecular weight is 359 g/mol. The zero-order chi connectivity index (χ0) is 12.3. The first-order valence-electron chi connectivity index (χ1n) is 4.13. The largest absolute Gasteiger partial charge is 0.465 e. The Morgan fingerprint density at radius 1 is 1.62 bits per heavy atom. The topological polar surface area (TPSA) is 39.2 Å². The molecule has 0 radical (unpaired) electrons. The molecule has 0 saturated carbocycles. The van der Waals surface area contributed by atoms with E-state index in [2.05, 4.69) is 41.6 Å². The molecule has 0 atom stereocenters. The quantitative estimate of drug-likeness (QED) is 0.613. The van der Waals surface area contributed by atoms with Gasteiger partial charge in [0.25, 0.3) is 6.43 Å². The minimum absolute atomic E-state index is 0.0287. The van der Waals surface area contributed by atoms with Gasteiger partial charge in [0, 0.05) is 5.33 Å². The number of carbonyl (C=O) groups excluding carboxylic acids is 1. The maximum absolute atomic E-state index is 12.6. The molecule has 0 aromatic carbocycles. The molecule has 0 spiro atoms. The van der Waals surface area contributed by atoms with Gasteiger partial charge in [0.2, 0.25) is 0 Å². The van der Waals surface area contributed by atoms with Crippen LogP contribution in [0.1, 0.15) is 28.2 Å². The minimum Gasteiger partial charge on any atom is -0.465 e. The highest BCUT2D eigenvalue weighted by Gasteiger charge is 2.21. The molecule has 0 saturated heterocycles. The molecule has 88 valence electrons. The summed E-state index contributed by atoms with van der Waals surface area (Å²) in [4.78, 5) is 15.1. The van der Waals surface area contributed by atoms with Gasteiger partial charge in [0.05, 0.1) is 22.8 Å². The van der Waals surface area contributed by atoms with Crippen LogP contribution in [-0.4, -0.2) is 18.1 Å². The molecule has 0 aliphatic rings. The highest BCUT2D eigenvalue weighted by molar-refractivity contribution is 9.10. The van der Waals surface area contributed by atoms with Crippen molar-refractivity contribution in [3.8, 4) is 0 Å². The number of hydrogen-bond donors (Lipinski definition) is 0. The van der Waals surface area contributed by atoms with E-state index in [4.69, 9.17) is 0 Å². The van der Waals surface area contributed by atoms with Gasteiger partial charge in [0.1, 0.15) is 5.69 Å². The van der Waals surface area contributed by atoms with Crippen molar-refractivity contribution in [3.05, 3.63) is 27.5 Å². The summed E-state index contributed by atoms with van der Waals surface area (Å²) in [6.45, 7) is 0. The average Bonchev–Trinajstić information content (AvgIpc) is 2.28. The van der Waals surface area contributed by atoms with E-state index in [0.717, 1.165) is 0 Å². The molecule has 1 heterocycles. The van der Waals surface area contributed by atoms with Crippen LogP contribution >= 0.6 is 31.9 Å². The molecule has 7 heteroatoms. The predicted octanol–water partition coefficient (Wildman–Crippen LogP) is 3.46. The second-order valence-electron chi connectivity index (χ2n) is 2.79. The van der Waals surface area contributed by atoms with Crippen molar-refractivity contribution in [2.75, 3.05) is 7.11 Å². The van der Waals surface area contributed by atoms with Crippen LogP contribution in [0.2, 0.25) is 0 Å². The fourth-order valence-electron chi connectivity index (χ4n) is 1.08. The van der Waals surface area contributed by atoms with Crippen molar-refractivity contribution < 1.29 is 18.3 Å². The maximum atomic E-state index is 12.6. The number of ether oxygens (including phenoxy) is 1. The Bertz CT molecular complexity index is 413. The summed E-state index contributed by atoms with van der Waals surface area (Å²) in [5.74, 6) is -0.682. The lowest BCUT2D eigenvalue weighted by molar-refractivity contribution is 0.0598. The second-order valence-corrected chi connectivity index (χ2v) is 4.14. The van der Waals surface area contributed by atoms with Crippen LogP contribution in [-0.2, 0) is 10.1 Å². The Morgan fingerprint density at radius 3 is 2.69 bits per heavy atom. The van der Waals surface area contributed by atoms with Gasteiger partial charge < -0.3 is 4.74 Å². The number of pyridine rings is 1. The van der Waals surface area contributed by atoms with Gasteiger partial charge in [-0.05, 0) is 22.0 Å². The molecule has 3 nitrogen and oxygen atoms in total. The predicted molar refractivity (Wildman–Crippen MR) is 60.9 cm³/mol. The van der Waals surface area contributed by atoms with Crippen LogP contribution in [0, 0.1) is 0 Å². The Hall–Kier alpha value is -0.560. The third-order valence-corrected chi connectivity index (χ3v) is 3.19. The van der Waals surface area contributed by atoms with Gasteiger partial charge in [0.15, 0.2) is 0 Å². The fraction of sp³-hybridized carbons (Fsp3) is 0.333. The number of alkyl halides is 3. The zero-order valence-electron chi connectivity index (χ0n) is 8.14. The van der Waals surface area contributed by atoms with E-state index in [-0.39, 0.29) is 15.4 Å². The standard InChI is InChI=1S/C9H7Br2F2NO2/c1-16-9(15)5-2-4(3-10)14-7(6(5)11)8(12)13/h2,8H,3H2,1H3. The van der Waals surface area contributed by atoms with Crippen LogP contribution in [0.5, 0.6) is 0 Å². The number of hydrogen-bond acceptors (Lipinski definition) is 3. The van der Waals surface area contributed by atoms with Gasteiger partial charge in [-0.15, -0.1) is 0 Å². The van der Waals surface area contributed by atoms with Crippen LogP contribution in [0.3, 0.4) is 0 Å². The summed E-state index contributed by atoms with van der Waals surface area (Å²) in [5, 5.41) is 0.282. The van der Waals surface area contributed by atoms with Crippen LogP contribution < -0.4 is 0 Å². The van der Waals surface area contributed by atoms with Crippen LogP contribution in [0.25, 0.3) is 0 Å². The van der Waals surface area contributed by atoms with Crippen LogP contribution in [0.15, 0.2) is 10.5 Å². The molecule has 1 aromatic heterocycles. The first kappa shape index (κ1) is 13.5. The lowest BCUT2D eigenvalue weighted by Gasteiger charge is -2.09. The molecule has 0 fully saturated rings. The molecular weight excluding hydrogens is 352 g/mol. The molecule has 0 N–H and O–H groups in total. The summed E-state index contributed by atoms with van der Waals surface area (Å²) in [6, 6.07) is 1.40. The Morgan fingerprint density at radius 2 is 2.25 bits per heavy atom. The van der Waals surface area contributed by atoms with Crippen molar-refractivity contribution >= 4 is 37.8 Å². The molecular formula is C9H7Br2F2NO2. The maximum Gasteiger partial charge on any atom is 0.339 e. The Labute approximate surface area is 107 Å². The van der Waals surface area contributed by atoms with Crippen molar-refractivity contribution in [2.24, 2.45) is 0 Å². The Balaban J connectivity index is 3.37. The number of aromatic nitrogens is 1. The van der Waals surface area contributed by atoms with E-state index in [1.807, 2.05) is 0 Å². The molecule has 0 aliphatic carbocycles. The summed E-state index contributed by atoms with van der Waals surface area (Å²) >= 11 is 6.02. The van der Waals surface area contributed by atoms with E-state index in [0.29, 0.717) is 5.69 Å². The molecule has 16 heavy (non-hydrogen) atoms. The van der Waals surface area contributed by atoms with Gasteiger partial charge >= 0.3 is 5.97 Å². The minimum atomic E-state index is -2.75. The molecule has 1 rings (SSSR count). The van der Waals surface area contributed by atoms with E-state index >= 15 is 0 Å². The second kappa shape index (κ2) is 5.67. The highest BCUT2D eigenvalue weighted by atomic mass is 79.9. The van der Waals surface area contributed by atoms with E-state index < -0.39 is 18.1 Å². The van der Waals surface area contributed by atoms with Crippen LogP contribution in [0.4, 0.5) is 8.78 Å². The fourth-order valence-corrected chi connectivity index (χ4v) is 1.90. The van der Waals surface area contributed by atoms with Crippen molar-refractivity contribution in [1.29, 1.82) is 0 Å². The van der Waals surface area contributed by atoms with Crippen molar-refractivity contribution in [2.45, 2.75) is 11.8 Å². The molecule has 1 aromatic rings. The molecule has 0 aliphatic heterocycles. The number of esters is 1.